The van der Waals surface area contributed by atoms with E-state index in [9.17, 15) is 9.18 Å². The Labute approximate surface area is 144 Å². The molecule has 6 heteroatoms. The molecule has 1 amide bonds. The molecule has 1 fully saturated rings. The topological polar surface area (TPSA) is 67.8 Å². The summed E-state index contributed by atoms with van der Waals surface area (Å²) in [5, 5.41) is 3.59. The Morgan fingerprint density at radius 1 is 1.24 bits per heavy atom. The molecule has 1 aliphatic carbocycles. The summed E-state index contributed by atoms with van der Waals surface area (Å²) >= 11 is 0. The van der Waals surface area contributed by atoms with Crippen molar-refractivity contribution >= 4 is 16.8 Å². The van der Waals surface area contributed by atoms with Crippen molar-refractivity contribution in [1.82, 2.24) is 20.3 Å². The molecule has 1 aliphatic rings. The van der Waals surface area contributed by atoms with E-state index in [4.69, 9.17) is 0 Å². The zero-order valence-electron chi connectivity index (χ0n) is 13.7. The lowest BCUT2D eigenvalue weighted by molar-refractivity contribution is 0.0930. The maximum absolute atomic E-state index is 13.9. The van der Waals surface area contributed by atoms with E-state index in [2.05, 4.69) is 20.3 Å². The van der Waals surface area contributed by atoms with Crippen molar-refractivity contribution in [3.8, 4) is 0 Å². The van der Waals surface area contributed by atoms with Gasteiger partial charge in [-0.25, -0.2) is 14.4 Å². The van der Waals surface area contributed by atoms with Gasteiger partial charge in [0.2, 0.25) is 0 Å². The van der Waals surface area contributed by atoms with Gasteiger partial charge in [0.25, 0.3) is 5.91 Å². The average molecular weight is 336 g/mol. The van der Waals surface area contributed by atoms with Gasteiger partial charge in [-0.1, -0.05) is 6.07 Å². The summed E-state index contributed by atoms with van der Waals surface area (Å²) in [5.74, 6) is 0.105. The predicted octanol–water partition coefficient (Wildman–Crippen LogP) is 3.35. The maximum Gasteiger partial charge on any atom is 0.254 e. The van der Waals surface area contributed by atoms with Crippen molar-refractivity contribution in [2.24, 2.45) is 5.92 Å². The number of hydrogen-bond donors (Lipinski definition) is 1. The third kappa shape index (κ3) is 3.20. The monoisotopic (exact) mass is 336 g/mol. The number of fused-ring (bicyclic) bond motifs is 1. The largest absolute Gasteiger partial charge is 0.342 e. The van der Waals surface area contributed by atoms with Crippen molar-refractivity contribution in [3.05, 3.63) is 65.6 Å². The second kappa shape index (κ2) is 6.20. The van der Waals surface area contributed by atoms with Gasteiger partial charge in [0.05, 0.1) is 17.1 Å². The van der Waals surface area contributed by atoms with E-state index in [0.717, 1.165) is 18.5 Å². The fourth-order valence-corrected chi connectivity index (χ4v) is 2.99. The Morgan fingerprint density at radius 2 is 2.08 bits per heavy atom. The Bertz CT molecular complexity index is 955. The van der Waals surface area contributed by atoms with E-state index in [1.807, 2.05) is 13.0 Å². The number of aromatic nitrogens is 3. The Morgan fingerprint density at radius 3 is 2.84 bits per heavy atom. The van der Waals surface area contributed by atoms with Crippen LogP contribution in [-0.4, -0.2) is 20.9 Å². The van der Waals surface area contributed by atoms with Gasteiger partial charge in [0, 0.05) is 23.5 Å². The number of amides is 1. The standard InChI is InChI=1S/C19H17FN4O/c1-11-6-8-22-18(23-11)17(12-4-5-12)24-19(25)15-10-14(20)9-13-3-2-7-21-16(13)15/h2-3,6-10,12,17H,4-5H2,1H3,(H,24,25). The first-order valence-electron chi connectivity index (χ1n) is 8.26. The van der Waals surface area contributed by atoms with Crippen LogP contribution in [0.5, 0.6) is 0 Å². The lowest BCUT2D eigenvalue weighted by Crippen LogP contribution is -2.31. The van der Waals surface area contributed by atoms with Gasteiger partial charge in [0.1, 0.15) is 5.82 Å². The third-order valence-corrected chi connectivity index (χ3v) is 4.39. The molecule has 1 atom stereocenters. The molecule has 0 spiro atoms. The predicted molar refractivity (Wildman–Crippen MR) is 91.4 cm³/mol. The highest BCUT2D eigenvalue weighted by Gasteiger charge is 2.35. The number of benzene rings is 1. The number of nitrogens with zero attached hydrogens (tertiary/aromatic N) is 3. The number of aryl methyl sites for hydroxylation is 1. The molecule has 1 aromatic carbocycles. The molecule has 25 heavy (non-hydrogen) atoms. The second-order valence-electron chi connectivity index (χ2n) is 6.37. The zero-order chi connectivity index (χ0) is 17.4. The second-order valence-corrected chi connectivity index (χ2v) is 6.37. The van der Waals surface area contributed by atoms with E-state index < -0.39 is 5.82 Å². The van der Waals surface area contributed by atoms with E-state index in [1.165, 1.54) is 12.1 Å². The summed E-state index contributed by atoms with van der Waals surface area (Å²) in [6.07, 6.45) is 5.33. The number of carbonyl (C=O) groups is 1. The Hall–Kier alpha value is -2.89. The molecule has 3 aromatic rings. The third-order valence-electron chi connectivity index (χ3n) is 4.39. The minimum atomic E-state index is -0.458. The summed E-state index contributed by atoms with van der Waals surface area (Å²) in [5.41, 5.74) is 1.57. The van der Waals surface area contributed by atoms with Gasteiger partial charge in [0.15, 0.2) is 5.82 Å². The highest BCUT2D eigenvalue weighted by atomic mass is 19.1. The zero-order valence-corrected chi connectivity index (χ0v) is 13.7. The van der Waals surface area contributed by atoms with Crippen LogP contribution in [0.25, 0.3) is 10.9 Å². The Balaban J connectivity index is 1.69. The SMILES string of the molecule is Cc1ccnc(C(NC(=O)c2cc(F)cc3cccnc23)C2CC2)n1. The van der Waals surface area contributed by atoms with Crippen LogP contribution in [-0.2, 0) is 0 Å². The van der Waals surface area contributed by atoms with Crippen LogP contribution < -0.4 is 5.32 Å². The summed E-state index contributed by atoms with van der Waals surface area (Å²) in [7, 11) is 0. The van der Waals surface area contributed by atoms with E-state index >= 15 is 0 Å². The van der Waals surface area contributed by atoms with Crippen molar-refractivity contribution in [3.63, 3.8) is 0 Å². The number of rotatable bonds is 4. The number of pyridine rings is 1. The van der Waals surface area contributed by atoms with Gasteiger partial charge < -0.3 is 5.32 Å². The molecule has 2 aromatic heterocycles. The van der Waals surface area contributed by atoms with Gasteiger partial charge in [-0.2, -0.15) is 0 Å². The first-order chi connectivity index (χ1) is 12.1. The summed E-state index contributed by atoms with van der Waals surface area (Å²) in [6.45, 7) is 1.89. The van der Waals surface area contributed by atoms with Gasteiger partial charge in [-0.15, -0.1) is 0 Å². The smallest absolute Gasteiger partial charge is 0.254 e. The quantitative estimate of drug-likeness (QED) is 0.793. The molecule has 0 radical (unpaired) electrons. The molecule has 1 N–H and O–H groups in total. The highest BCUT2D eigenvalue weighted by Crippen LogP contribution is 2.40. The number of halogens is 1. The number of hydrogen-bond acceptors (Lipinski definition) is 4. The average Bonchev–Trinajstić information content (AvgIpc) is 3.43. The lowest BCUT2D eigenvalue weighted by Gasteiger charge is -2.17. The van der Waals surface area contributed by atoms with Crippen LogP contribution in [0, 0.1) is 18.7 Å². The highest BCUT2D eigenvalue weighted by molar-refractivity contribution is 6.05. The van der Waals surface area contributed by atoms with Crippen LogP contribution >= 0.6 is 0 Å². The molecule has 4 rings (SSSR count). The first-order valence-corrected chi connectivity index (χ1v) is 8.26. The van der Waals surface area contributed by atoms with Gasteiger partial charge in [-0.05, 0) is 49.9 Å². The minimum absolute atomic E-state index is 0.230. The fraction of sp³-hybridized carbons (Fsp3) is 0.263. The molecule has 126 valence electrons. The minimum Gasteiger partial charge on any atom is -0.342 e. The summed E-state index contributed by atoms with van der Waals surface area (Å²) in [4.78, 5) is 25.8. The maximum atomic E-state index is 13.9. The van der Waals surface area contributed by atoms with Crippen LogP contribution in [0.2, 0.25) is 0 Å². The molecule has 2 heterocycles. The molecule has 0 bridgehead atoms. The first kappa shape index (κ1) is 15.6. The van der Waals surface area contributed by atoms with Crippen molar-refractivity contribution in [2.45, 2.75) is 25.8 Å². The normalized spacial score (nSPS) is 15.1. The van der Waals surface area contributed by atoms with Crippen molar-refractivity contribution in [1.29, 1.82) is 0 Å². The lowest BCUT2D eigenvalue weighted by atomic mass is 10.1. The van der Waals surface area contributed by atoms with Crippen LogP contribution in [0.15, 0.2) is 42.7 Å². The summed E-state index contributed by atoms with van der Waals surface area (Å²) in [6, 6.07) is 7.61. The van der Waals surface area contributed by atoms with Crippen LogP contribution in [0.1, 0.15) is 40.8 Å². The molecular weight excluding hydrogens is 319 g/mol. The van der Waals surface area contributed by atoms with Crippen LogP contribution in [0.4, 0.5) is 4.39 Å². The Kier molecular flexibility index (Phi) is 3.87. The van der Waals surface area contributed by atoms with Crippen LogP contribution in [0.3, 0.4) is 0 Å². The molecule has 0 aliphatic heterocycles. The molecule has 5 nitrogen and oxygen atoms in total. The van der Waals surface area contributed by atoms with Crippen molar-refractivity contribution < 1.29 is 9.18 Å². The molecular formula is C19H17FN4O. The molecule has 1 unspecified atom stereocenters. The van der Waals surface area contributed by atoms with E-state index in [0.29, 0.717) is 22.6 Å². The fourth-order valence-electron chi connectivity index (χ4n) is 2.99. The number of nitrogens with one attached hydrogen (secondary N) is 1. The number of carbonyl (C=O) groups excluding carboxylic acids is 1. The molecule has 0 saturated heterocycles. The van der Waals surface area contributed by atoms with Gasteiger partial charge >= 0.3 is 0 Å². The van der Waals surface area contributed by atoms with E-state index in [-0.39, 0.29) is 17.5 Å². The molecule has 1 saturated carbocycles. The van der Waals surface area contributed by atoms with Crippen molar-refractivity contribution in [2.75, 3.05) is 0 Å². The van der Waals surface area contributed by atoms with E-state index in [1.54, 1.807) is 24.5 Å². The van der Waals surface area contributed by atoms with Gasteiger partial charge in [-0.3, -0.25) is 9.78 Å². The summed E-state index contributed by atoms with van der Waals surface area (Å²) < 4.78 is 13.9.